The topological polar surface area (TPSA) is 158 Å². The monoisotopic (exact) mass is 588 g/mol. The molecule has 1 fully saturated rings. The minimum absolute atomic E-state index is 0.0152. The van der Waals surface area contributed by atoms with Crippen molar-refractivity contribution in [2.75, 3.05) is 0 Å². The predicted octanol–water partition coefficient (Wildman–Crippen LogP) is 5.77. The molecule has 0 saturated heterocycles. The van der Waals surface area contributed by atoms with Gasteiger partial charge in [0, 0.05) is 34.3 Å². The third-order valence-electron chi connectivity index (χ3n) is 6.55. The van der Waals surface area contributed by atoms with Gasteiger partial charge in [0.1, 0.15) is 11.5 Å². The zero-order chi connectivity index (χ0) is 29.0. The summed E-state index contributed by atoms with van der Waals surface area (Å²) in [5, 5.41) is 16.4. The van der Waals surface area contributed by atoms with Crippen molar-refractivity contribution >= 4 is 43.9 Å². The van der Waals surface area contributed by atoms with E-state index in [2.05, 4.69) is 4.98 Å². The third-order valence-corrected chi connectivity index (χ3v) is 8.21. The summed E-state index contributed by atoms with van der Waals surface area (Å²) in [4.78, 5) is 20.4. The van der Waals surface area contributed by atoms with Crippen LogP contribution < -0.4 is 15.6 Å². The molecule has 9 nitrogen and oxygen atoms in total. The number of nitrogens with zero attached hydrogens (tertiary/aromatic N) is 2. The Balaban J connectivity index is 1.58. The number of rotatable bonds is 11. The second-order valence-electron chi connectivity index (χ2n) is 9.73. The van der Waals surface area contributed by atoms with Gasteiger partial charge in [-0.25, -0.2) is 28.3 Å². The molecule has 0 bridgehead atoms. The molecule has 4 aromatic rings. The number of aliphatic imine (C=N–C) groups is 1. The van der Waals surface area contributed by atoms with Crippen molar-refractivity contribution in [1.82, 2.24) is 4.98 Å². The van der Waals surface area contributed by atoms with Gasteiger partial charge in [-0.3, -0.25) is 0 Å². The van der Waals surface area contributed by atoms with E-state index in [9.17, 15) is 18.3 Å². The van der Waals surface area contributed by atoms with E-state index in [1.807, 2.05) is 54.6 Å². The van der Waals surface area contributed by atoms with Gasteiger partial charge in [-0.1, -0.05) is 42.5 Å². The summed E-state index contributed by atoms with van der Waals surface area (Å²) in [5.74, 6) is 0.622. The highest BCUT2D eigenvalue weighted by atomic mass is 32.2. The maximum absolute atomic E-state index is 11.8. The van der Waals surface area contributed by atoms with Gasteiger partial charge < -0.3 is 15.6 Å². The summed E-state index contributed by atoms with van der Waals surface area (Å²) in [6.45, 7) is 0. The van der Waals surface area contributed by atoms with Crippen LogP contribution >= 0.6 is 11.3 Å². The van der Waals surface area contributed by atoms with Crippen molar-refractivity contribution in [3.63, 3.8) is 0 Å². The molecule has 0 unspecified atom stereocenters. The van der Waals surface area contributed by atoms with Gasteiger partial charge >= 0.3 is 5.97 Å². The molecule has 0 spiro atoms. The van der Waals surface area contributed by atoms with E-state index in [1.165, 1.54) is 17.5 Å². The quantitative estimate of drug-likeness (QED) is 0.188. The summed E-state index contributed by atoms with van der Waals surface area (Å²) in [5.41, 5.74) is 10.3. The van der Waals surface area contributed by atoms with Crippen LogP contribution in [0.15, 0.2) is 99.7 Å². The van der Waals surface area contributed by atoms with E-state index < -0.39 is 16.0 Å². The number of benzene rings is 3. The fourth-order valence-corrected chi connectivity index (χ4v) is 5.44. The summed E-state index contributed by atoms with van der Waals surface area (Å²) >= 11 is 1.15. The lowest BCUT2D eigenvalue weighted by Crippen LogP contribution is -2.15. The number of carbonyl (C=O) groups is 1. The largest absolute Gasteiger partial charge is 0.476 e. The summed E-state index contributed by atoms with van der Waals surface area (Å²) in [6.07, 6.45) is 3.12. The number of carboxylic acids is 1. The summed E-state index contributed by atoms with van der Waals surface area (Å²) in [7, 11) is -3.84. The first kappa shape index (κ1) is 28.2. The van der Waals surface area contributed by atoms with Gasteiger partial charge in [-0.05, 0) is 67.1 Å². The molecule has 0 aliphatic heterocycles. The molecule has 1 saturated carbocycles. The number of thiazole rings is 1. The SMILES string of the molecule is NC(=C(Cc1ccc(S(N)(=O)=O)cc1)C(CC1CC1)=Nc1nc(C(=O)O)cs1)c1cccc(Oc2ccccc2)c1. The van der Waals surface area contributed by atoms with E-state index in [1.54, 1.807) is 12.1 Å². The molecule has 0 amide bonds. The molecule has 210 valence electrons. The Morgan fingerprint density at radius 3 is 2.37 bits per heavy atom. The minimum atomic E-state index is -3.84. The zero-order valence-corrected chi connectivity index (χ0v) is 23.6. The van der Waals surface area contributed by atoms with E-state index in [4.69, 9.17) is 20.6 Å². The lowest BCUT2D eigenvalue weighted by atomic mass is 9.93. The average Bonchev–Trinajstić information content (AvgIpc) is 3.65. The van der Waals surface area contributed by atoms with Crippen molar-refractivity contribution in [2.24, 2.45) is 21.8 Å². The van der Waals surface area contributed by atoms with Gasteiger partial charge in [-0.15, -0.1) is 11.3 Å². The van der Waals surface area contributed by atoms with Crippen LogP contribution in [0.3, 0.4) is 0 Å². The number of carboxylic acid groups (broad SMARTS) is 1. The Kier molecular flexibility index (Phi) is 8.29. The van der Waals surface area contributed by atoms with E-state index in [0.717, 1.165) is 40.9 Å². The van der Waals surface area contributed by atoms with Gasteiger partial charge in [0.25, 0.3) is 0 Å². The van der Waals surface area contributed by atoms with Crippen molar-refractivity contribution in [2.45, 2.75) is 30.6 Å². The second kappa shape index (κ2) is 12.0. The molecular formula is C30H28N4O5S2. The number of ether oxygens (including phenoxy) is 1. The van der Waals surface area contributed by atoms with Crippen molar-refractivity contribution in [3.8, 4) is 11.5 Å². The molecule has 11 heteroatoms. The van der Waals surface area contributed by atoms with E-state index in [-0.39, 0.29) is 10.6 Å². The molecule has 1 aliphatic rings. The Hall–Kier alpha value is -4.32. The number of hydrogen-bond acceptors (Lipinski definition) is 8. The molecule has 3 aromatic carbocycles. The number of aromatic carboxylic acids is 1. The molecule has 5 rings (SSSR count). The lowest BCUT2D eigenvalue weighted by molar-refractivity contribution is 0.0691. The number of sulfonamides is 1. The Labute approximate surface area is 241 Å². The van der Waals surface area contributed by atoms with Gasteiger partial charge in [0.15, 0.2) is 5.69 Å². The van der Waals surface area contributed by atoms with E-state index in [0.29, 0.717) is 46.8 Å². The first-order valence-electron chi connectivity index (χ1n) is 12.9. The van der Waals surface area contributed by atoms with Crippen molar-refractivity contribution < 1.29 is 23.1 Å². The molecule has 5 N–H and O–H groups in total. The van der Waals surface area contributed by atoms with Crippen LogP contribution in [0.2, 0.25) is 0 Å². The fourth-order valence-electron chi connectivity index (χ4n) is 4.24. The van der Waals surface area contributed by atoms with Crippen LogP contribution in [0.25, 0.3) is 5.70 Å². The number of hydrogen-bond donors (Lipinski definition) is 3. The molecular weight excluding hydrogens is 560 g/mol. The number of nitrogens with two attached hydrogens (primary N) is 2. The zero-order valence-electron chi connectivity index (χ0n) is 21.9. The smallest absolute Gasteiger partial charge is 0.355 e. The van der Waals surface area contributed by atoms with Crippen LogP contribution in [0.4, 0.5) is 5.13 Å². The van der Waals surface area contributed by atoms with Gasteiger partial charge in [-0.2, -0.15) is 0 Å². The van der Waals surface area contributed by atoms with Gasteiger partial charge in [0.2, 0.25) is 15.2 Å². The highest BCUT2D eigenvalue weighted by molar-refractivity contribution is 7.89. The minimum Gasteiger partial charge on any atom is -0.476 e. The molecule has 0 atom stereocenters. The molecule has 41 heavy (non-hydrogen) atoms. The van der Waals surface area contributed by atoms with E-state index >= 15 is 0 Å². The maximum atomic E-state index is 11.8. The first-order valence-corrected chi connectivity index (χ1v) is 15.3. The Morgan fingerprint density at radius 2 is 1.73 bits per heavy atom. The first-order chi connectivity index (χ1) is 19.7. The number of aromatic nitrogens is 1. The number of allylic oxidation sites excluding steroid dienone is 1. The Morgan fingerprint density at radius 1 is 1.02 bits per heavy atom. The van der Waals surface area contributed by atoms with Crippen LogP contribution in [0.5, 0.6) is 11.5 Å². The van der Waals surface area contributed by atoms with Crippen molar-refractivity contribution in [3.05, 3.63) is 107 Å². The standard InChI is InChI=1S/C30H28N4O5S2/c31-28(21-5-4-8-23(17-21)39-22-6-2-1-3-7-22)25(15-19-11-13-24(14-12-19)41(32,37)38)26(16-20-9-10-20)33-30-34-27(18-40-30)29(35)36/h1-8,11-14,17-18,20H,9-10,15-16,31H2,(H,35,36)(H2,32,37,38). The summed E-state index contributed by atoms with van der Waals surface area (Å²) < 4.78 is 29.6. The van der Waals surface area contributed by atoms with Crippen molar-refractivity contribution in [1.29, 1.82) is 0 Å². The highest BCUT2D eigenvalue weighted by Crippen LogP contribution is 2.36. The van der Waals surface area contributed by atoms with Crippen LogP contribution in [-0.2, 0) is 16.4 Å². The third kappa shape index (κ3) is 7.46. The summed E-state index contributed by atoms with van der Waals surface area (Å²) in [6, 6.07) is 23.2. The predicted molar refractivity (Wildman–Crippen MR) is 159 cm³/mol. The second-order valence-corrected chi connectivity index (χ2v) is 12.1. The Bertz CT molecular complexity index is 1730. The fraction of sp³-hybridized carbons (Fsp3) is 0.167. The van der Waals surface area contributed by atoms with Crippen LogP contribution in [0, 0.1) is 5.92 Å². The maximum Gasteiger partial charge on any atom is 0.355 e. The lowest BCUT2D eigenvalue weighted by Gasteiger charge is -2.16. The molecule has 1 heterocycles. The van der Waals surface area contributed by atoms with Crippen LogP contribution in [0.1, 0.15) is 40.9 Å². The normalized spacial score (nSPS) is 14.4. The van der Waals surface area contributed by atoms with Gasteiger partial charge in [0.05, 0.1) is 4.90 Å². The highest BCUT2D eigenvalue weighted by Gasteiger charge is 2.27. The van der Waals surface area contributed by atoms with Crippen LogP contribution in [-0.4, -0.2) is 30.2 Å². The average molecular weight is 589 g/mol. The molecule has 1 aliphatic carbocycles. The molecule has 1 aromatic heterocycles. The molecule has 0 radical (unpaired) electrons. The number of primary sulfonamides is 1. The number of para-hydroxylation sites is 1.